The van der Waals surface area contributed by atoms with Crippen molar-refractivity contribution >= 4 is 17.0 Å². The summed E-state index contributed by atoms with van der Waals surface area (Å²) < 4.78 is 9.72. The van der Waals surface area contributed by atoms with E-state index in [2.05, 4.69) is 21.8 Å². The lowest BCUT2D eigenvalue weighted by Gasteiger charge is -2.30. The molecule has 0 amide bonds. The number of benzene rings is 1. The summed E-state index contributed by atoms with van der Waals surface area (Å²) in [6.07, 6.45) is 0.773. The number of pyridine rings is 1. The van der Waals surface area contributed by atoms with Crippen LogP contribution in [-0.2, 0) is 29.7 Å². The van der Waals surface area contributed by atoms with Crippen LogP contribution in [0, 0.1) is 6.92 Å². The molecule has 1 aliphatic rings. The largest absolute Gasteiger partial charge is 0.480 e. The lowest BCUT2D eigenvalue weighted by Crippen LogP contribution is -2.44. The predicted octanol–water partition coefficient (Wildman–Crippen LogP) is 0.965. The van der Waals surface area contributed by atoms with Gasteiger partial charge >= 0.3 is 5.97 Å². The minimum atomic E-state index is -1.10. The number of fused-ring (bicyclic) bond motifs is 1. The lowest BCUT2D eigenvalue weighted by molar-refractivity contribution is -0.142. The first-order valence-corrected chi connectivity index (χ1v) is 11.7. The molecule has 1 aromatic carbocycles. The zero-order valence-electron chi connectivity index (χ0n) is 20.6. The molecule has 1 aliphatic heterocycles. The number of morpholine rings is 1. The SMILES string of the molecule is Cc1cc(-c2nc3cc(CN[C@H](C(=O)O)[C@@H](C)O)ccc3n2CC2CN(C)CCO2)cn(C)c1=O. The molecular formula is C25H33N5O5. The van der Waals surface area contributed by atoms with E-state index in [9.17, 15) is 19.8 Å². The molecule has 1 unspecified atom stereocenters. The van der Waals surface area contributed by atoms with Gasteiger partial charge in [0.05, 0.1) is 36.4 Å². The molecule has 3 aromatic rings. The van der Waals surface area contributed by atoms with Crippen LogP contribution in [-0.4, -0.2) is 80.2 Å². The topological polar surface area (TPSA) is 122 Å². The number of hydrogen-bond acceptors (Lipinski definition) is 7. The number of aliphatic hydroxyl groups is 1. The van der Waals surface area contributed by atoms with Gasteiger partial charge in [-0.15, -0.1) is 0 Å². The first-order valence-electron chi connectivity index (χ1n) is 11.7. The molecule has 3 atom stereocenters. The fourth-order valence-electron chi connectivity index (χ4n) is 4.56. The van der Waals surface area contributed by atoms with Crippen molar-refractivity contribution in [3.8, 4) is 11.4 Å². The first kappa shape index (κ1) is 25.1. The Morgan fingerprint density at radius 3 is 2.74 bits per heavy atom. The van der Waals surface area contributed by atoms with E-state index in [-0.39, 0.29) is 18.2 Å². The predicted molar refractivity (Wildman–Crippen MR) is 132 cm³/mol. The molecule has 10 nitrogen and oxygen atoms in total. The fraction of sp³-hybridized carbons (Fsp3) is 0.480. The second-order valence-electron chi connectivity index (χ2n) is 9.39. The number of aliphatic hydroxyl groups excluding tert-OH is 1. The van der Waals surface area contributed by atoms with Crippen molar-refractivity contribution in [3.05, 3.63) is 51.9 Å². The Kier molecular flexibility index (Phi) is 7.36. The van der Waals surface area contributed by atoms with Crippen molar-refractivity contribution in [3.63, 3.8) is 0 Å². The zero-order chi connectivity index (χ0) is 25.3. The van der Waals surface area contributed by atoms with Gasteiger partial charge in [-0.05, 0) is 44.7 Å². The zero-order valence-corrected chi connectivity index (χ0v) is 20.6. The van der Waals surface area contributed by atoms with E-state index in [1.165, 1.54) is 6.92 Å². The highest BCUT2D eigenvalue weighted by molar-refractivity contribution is 5.81. The first-order chi connectivity index (χ1) is 16.6. The number of nitrogens with one attached hydrogen (secondary N) is 1. The van der Waals surface area contributed by atoms with E-state index in [1.807, 2.05) is 24.3 Å². The highest BCUT2D eigenvalue weighted by atomic mass is 16.5. The van der Waals surface area contributed by atoms with Gasteiger partial charge < -0.3 is 29.0 Å². The Balaban J connectivity index is 1.73. The molecule has 3 heterocycles. The van der Waals surface area contributed by atoms with E-state index in [1.54, 1.807) is 24.7 Å². The van der Waals surface area contributed by atoms with E-state index in [0.717, 1.165) is 41.1 Å². The Hall–Kier alpha value is -3.05. The summed E-state index contributed by atoms with van der Waals surface area (Å²) in [6.45, 7) is 6.50. The van der Waals surface area contributed by atoms with Crippen LogP contribution in [0.15, 0.2) is 35.3 Å². The number of imidazole rings is 1. The Bertz CT molecular complexity index is 1250. The molecule has 0 radical (unpaired) electrons. The second-order valence-corrected chi connectivity index (χ2v) is 9.39. The minimum absolute atomic E-state index is 0.00207. The van der Waals surface area contributed by atoms with Crippen molar-refractivity contribution < 1.29 is 19.7 Å². The number of rotatable bonds is 8. The monoisotopic (exact) mass is 483 g/mol. The summed E-state index contributed by atoms with van der Waals surface area (Å²) in [5.74, 6) is -0.358. The van der Waals surface area contributed by atoms with E-state index in [0.29, 0.717) is 18.7 Å². The van der Waals surface area contributed by atoms with Crippen molar-refractivity contribution in [2.75, 3.05) is 26.7 Å². The fourth-order valence-corrected chi connectivity index (χ4v) is 4.56. The number of carbonyl (C=O) groups is 1. The van der Waals surface area contributed by atoms with Gasteiger partial charge in [0.2, 0.25) is 0 Å². The Labute approximate surface area is 203 Å². The second kappa shape index (κ2) is 10.3. The molecular weight excluding hydrogens is 450 g/mol. The highest BCUT2D eigenvalue weighted by Gasteiger charge is 2.24. The van der Waals surface area contributed by atoms with Crippen molar-refractivity contribution in [2.45, 2.75) is 45.2 Å². The summed E-state index contributed by atoms with van der Waals surface area (Å²) in [4.78, 5) is 30.8. The van der Waals surface area contributed by atoms with Gasteiger partial charge in [-0.1, -0.05) is 6.07 Å². The molecule has 0 spiro atoms. The molecule has 0 bridgehead atoms. The third-order valence-corrected chi connectivity index (χ3v) is 6.44. The Morgan fingerprint density at radius 1 is 1.31 bits per heavy atom. The summed E-state index contributed by atoms with van der Waals surface area (Å²) in [5.41, 5.74) is 3.97. The van der Waals surface area contributed by atoms with Crippen LogP contribution in [0.5, 0.6) is 0 Å². The third kappa shape index (κ3) is 5.46. The maximum absolute atomic E-state index is 12.3. The van der Waals surface area contributed by atoms with Crippen LogP contribution in [0.4, 0.5) is 0 Å². The van der Waals surface area contributed by atoms with Gasteiger partial charge in [0.25, 0.3) is 5.56 Å². The van der Waals surface area contributed by atoms with Crippen LogP contribution >= 0.6 is 0 Å². The third-order valence-electron chi connectivity index (χ3n) is 6.44. The van der Waals surface area contributed by atoms with Gasteiger partial charge in [0, 0.05) is 44.0 Å². The van der Waals surface area contributed by atoms with Crippen LogP contribution in [0.25, 0.3) is 22.4 Å². The molecule has 188 valence electrons. The Morgan fingerprint density at radius 2 is 2.09 bits per heavy atom. The summed E-state index contributed by atoms with van der Waals surface area (Å²) >= 11 is 0. The van der Waals surface area contributed by atoms with Gasteiger partial charge in [-0.25, -0.2) is 4.98 Å². The lowest BCUT2D eigenvalue weighted by atomic mass is 10.1. The van der Waals surface area contributed by atoms with E-state index < -0.39 is 18.1 Å². The van der Waals surface area contributed by atoms with Crippen molar-refractivity contribution in [2.24, 2.45) is 7.05 Å². The molecule has 4 rings (SSSR count). The summed E-state index contributed by atoms with van der Waals surface area (Å²) in [6, 6.07) is 6.62. The smallest absolute Gasteiger partial charge is 0.323 e. The molecule has 10 heteroatoms. The number of carboxylic acid groups (broad SMARTS) is 1. The number of aliphatic carboxylic acids is 1. The van der Waals surface area contributed by atoms with Crippen LogP contribution < -0.4 is 10.9 Å². The van der Waals surface area contributed by atoms with Gasteiger partial charge in [0.15, 0.2) is 0 Å². The maximum Gasteiger partial charge on any atom is 0.323 e. The van der Waals surface area contributed by atoms with Crippen molar-refractivity contribution in [1.82, 2.24) is 24.3 Å². The summed E-state index contributed by atoms with van der Waals surface area (Å²) in [5, 5.41) is 22.0. The maximum atomic E-state index is 12.3. The van der Waals surface area contributed by atoms with Crippen LogP contribution in [0.1, 0.15) is 18.1 Å². The average molecular weight is 484 g/mol. The molecule has 0 aliphatic carbocycles. The normalized spacial score (nSPS) is 18.6. The quantitative estimate of drug-likeness (QED) is 0.433. The number of aryl methyl sites for hydroxylation is 2. The highest BCUT2D eigenvalue weighted by Crippen LogP contribution is 2.27. The van der Waals surface area contributed by atoms with Crippen LogP contribution in [0.2, 0.25) is 0 Å². The standard InChI is InChI=1S/C25H33N5O5/c1-15-9-18(12-29(4)24(15)32)23-27-20-10-17(11-26-22(16(2)31)25(33)34)5-6-21(20)30(23)14-19-13-28(3)7-8-35-19/h5-6,9-10,12,16,19,22,26,31H,7-8,11,13-14H2,1-4H3,(H,33,34)/t16-,19?,22+/m1/s1. The molecule has 2 aromatic heterocycles. The number of ether oxygens (including phenoxy) is 1. The van der Waals surface area contributed by atoms with Crippen LogP contribution in [0.3, 0.4) is 0 Å². The van der Waals surface area contributed by atoms with Gasteiger partial charge in [-0.2, -0.15) is 0 Å². The van der Waals surface area contributed by atoms with Crippen molar-refractivity contribution in [1.29, 1.82) is 0 Å². The van der Waals surface area contributed by atoms with E-state index >= 15 is 0 Å². The van der Waals surface area contributed by atoms with Gasteiger partial charge in [0.1, 0.15) is 11.9 Å². The summed E-state index contributed by atoms with van der Waals surface area (Å²) in [7, 11) is 3.81. The average Bonchev–Trinajstić information content (AvgIpc) is 3.14. The number of aromatic nitrogens is 3. The number of carboxylic acids is 1. The molecule has 3 N–H and O–H groups in total. The van der Waals surface area contributed by atoms with E-state index in [4.69, 9.17) is 9.72 Å². The minimum Gasteiger partial charge on any atom is -0.480 e. The number of hydrogen-bond donors (Lipinski definition) is 3. The molecule has 1 saturated heterocycles. The molecule has 0 saturated carbocycles. The van der Waals surface area contributed by atoms with Gasteiger partial charge in [-0.3, -0.25) is 14.9 Å². The molecule has 1 fully saturated rings. The number of likely N-dealkylation sites (N-methyl/N-ethyl adjacent to an activating group) is 1. The molecule has 35 heavy (non-hydrogen) atoms. The number of nitrogens with zero attached hydrogens (tertiary/aromatic N) is 4.